The van der Waals surface area contributed by atoms with Gasteiger partial charge in [-0.05, 0) is 45.4 Å². The predicted octanol–water partition coefficient (Wildman–Crippen LogP) is 9.26. The molecular weight excluding hydrogens is 809 g/mol. The first-order valence-corrected chi connectivity index (χ1v) is 22.7. The van der Waals surface area contributed by atoms with Crippen molar-refractivity contribution in [2.75, 3.05) is 11.5 Å². The molecule has 2 amide bonds. The molecule has 0 bridgehead atoms. The number of nitrogens with one attached hydrogen (secondary N) is 2. The molecule has 7 aromatic rings. The summed E-state index contributed by atoms with van der Waals surface area (Å²) < 4.78 is 6.44. The number of esters is 1. The molecule has 62 heavy (non-hydrogen) atoms. The van der Waals surface area contributed by atoms with Crippen LogP contribution in [0, 0.1) is 0 Å². The molecule has 2 aliphatic heterocycles. The summed E-state index contributed by atoms with van der Waals surface area (Å²) in [5.74, 6) is -0.0998. The zero-order valence-corrected chi connectivity index (χ0v) is 35.4. The number of amides is 2. The van der Waals surface area contributed by atoms with Gasteiger partial charge < -0.3 is 10.1 Å². The van der Waals surface area contributed by atoms with Crippen LogP contribution in [-0.2, 0) is 37.4 Å². The smallest absolute Gasteiger partial charge is 0.356 e. The van der Waals surface area contributed by atoms with Crippen molar-refractivity contribution in [3.05, 3.63) is 243 Å². The van der Waals surface area contributed by atoms with Crippen molar-refractivity contribution in [2.24, 2.45) is 0 Å². The van der Waals surface area contributed by atoms with E-state index >= 15 is 0 Å². The standard InChI is InChI=1S/C52H44N4O4S2/c57-44(33-36-19-7-1-8-20-36)54-45-49(58)56-46(51(59)60-47(37-21-9-2-10-22-37)38-23-11-3-12-24-38)43(35-62-50(45)56)61-32-31-39-34-53-55-48(39)52(40-25-13-4-14-26-40,41-27-15-5-16-28-41)42-29-17-6-18-30-42/h1-30,34,45,47,50H,31-33,35H2,(H,53,55)(H,54,57)/t45-,50+/m1/s1. The van der Waals surface area contributed by atoms with Crippen LogP contribution in [0.4, 0.5) is 0 Å². The fourth-order valence-corrected chi connectivity index (χ4v) is 11.2. The number of carbonyl (C=O) groups is 3. The van der Waals surface area contributed by atoms with E-state index < -0.39 is 28.9 Å². The van der Waals surface area contributed by atoms with Crippen molar-refractivity contribution in [3.63, 3.8) is 0 Å². The monoisotopic (exact) mass is 852 g/mol. The van der Waals surface area contributed by atoms with E-state index in [9.17, 15) is 14.4 Å². The number of hydrogen-bond acceptors (Lipinski definition) is 7. The topological polar surface area (TPSA) is 104 Å². The van der Waals surface area contributed by atoms with Gasteiger partial charge in [-0.2, -0.15) is 5.10 Å². The normalized spacial score (nSPS) is 16.1. The average molecular weight is 853 g/mol. The molecule has 1 aromatic heterocycles. The van der Waals surface area contributed by atoms with Gasteiger partial charge in [0.1, 0.15) is 17.1 Å². The molecule has 1 saturated heterocycles. The highest BCUT2D eigenvalue weighted by atomic mass is 32.2. The van der Waals surface area contributed by atoms with Gasteiger partial charge in [-0.15, -0.1) is 23.5 Å². The maximum absolute atomic E-state index is 14.7. The fraction of sp³-hybridized carbons (Fsp3) is 0.154. The summed E-state index contributed by atoms with van der Waals surface area (Å²) in [6.07, 6.45) is 1.97. The van der Waals surface area contributed by atoms with Crippen LogP contribution in [0.25, 0.3) is 0 Å². The Morgan fingerprint density at radius 1 is 0.742 bits per heavy atom. The Labute approximate surface area is 369 Å². The van der Waals surface area contributed by atoms with Crippen molar-refractivity contribution >= 4 is 41.3 Å². The molecule has 308 valence electrons. The van der Waals surface area contributed by atoms with Crippen LogP contribution in [0.1, 0.15) is 50.7 Å². The van der Waals surface area contributed by atoms with Crippen molar-refractivity contribution in [1.29, 1.82) is 0 Å². The van der Waals surface area contributed by atoms with Crippen LogP contribution >= 0.6 is 23.5 Å². The third kappa shape index (κ3) is 8.11. The van der Waals surface area contributed by atoms with Gasteiger partial charge in [0.2, 0.25) is 5.91 Å². The van der Waals surface area contributed by atoms with E-state index in [1.807, 2.05) is 115 Å². The highest BCUT2D eigenvalue weighted by molar-refractivity contribution is 8.06. The number of fused-ring (bicyclic) bond motifs is 1. The number of rotatable bonds is 15. The lowest BCUT2D eigenvalue weighted by atomic mass is 9.66. The zero-order chi connectivity index (χ0) is 42.3. The number of thioether (sulfide) groups is 2. The number of ether oxygens (including phenoxy) is 1. The Bertz CT molecular complexity index is 2530. The third-order valence-corrected chi connectivity index (χ3v) is 14.0. The first-order valence-electron chi connectivity index (χ1n) is 20.7. The van der Waals surface area contributed by atoms with Crippen LogP contribution in [0.3, 0.4) is 0 Å². The summed E-state index contributed by atoms with van der Waals surface area (Å²) in [4.78, 5) is 44.3. The van der Waals surface area contributed by atoms with E-state index in [2.05, 4.69) is 88.3 Å². The summed E-state index contributed by atoms with van der Waals surface area (Å²) in [5, 5.41) is 10.6. The predicted molar refractivity (Wildman–Crippen MR) is 246 cm³/mol. The molecule has 0 saturated carbocycles. The van der Waals surface area contributed by atoms with Gasteiger partial charge in [-0.25, -0.2) is 4.79 Å². The Morgan fingerprint density at radius 2 is 1.24 bits per heavy atom. The van der Waals surface area contributed by atoms with Crippen molar-refractivity contribution in [2.45, 2.75) is 35.8 Å². The van der Waals surface area contributed by atoms with Gasteiger partial charge in [-0.1, -0.05) is 182 Å². The van der Waals surface area contributed by atoms with E-state index in [1.54, 1.807) is 23.5 Å². The lowest BCUT2D eigenvalue weighted by molar-refractivity contribution is -0.154. The number of aromatic amines is 1. The molecule has 6 aromatic carbocycles. The number of H-pyrrole nitrogens is 1. The van der Waals surface area contributed by atoms with Crippen molar-refractivity contribution < 1.29 is 19.1 Å². The molecule has 0 radical (unpaired) electrons. The second-order valence-corrected chi connectivity index (χ2v) is 17.5. The summed E-state index contributed by atoms with van der Waals surface area (Å²) in [6.45, 7) is 0. The van der Waals surface area contributed by atoms with Gasteiger partial charge >= 0.3 is 5.97 Å². The number of carbonyl (C=O) groups excluding carboxylic acids is 3. The second-order valence-electron chi connectivity index (χ2n) is 15.2. The number of aryl methyl sites for hydroxylation is 1. The highest BCUT2D eigenvalue weighted by Crippen LogP contribution is 2.47. The molecule has 0 aliphatic carbocycles. The minimum atomic E-state index is -0.764. The summed E-state index contributed by atoms with van der Waals surface area (Å²) in [6, 6.07) is 59.4. The molecule has 2 aliphatic rings. The van der Waals surface area contributed by atoms with Crippen LogP contribution < -0.4 is 5.32 Å². The van der Waals surface area contributed by atoms with Gasteiger partial charge in [-0.3, -0.25) is 19.6 Å². The Hall–Kier alpha value is -6.62. The summed E-state index contributed by atoms with van der Waals surface area (Å²) >= 11 is 3.10. The van der Waals surface area contributed by atoms with E-state index in [4.69, 9.17) is 4.74 Å². The number of β-lactam (4-membered cyclic amide) rings is 1. The van der Waals surface area contributed by atoms with E-state index in [0.29, 0.717) is 17.9 Å². The quantitative estimate of drug-likeness (QED) is 0.0603. The van der Waals surface area contributed by atoms with Crippen LogP contribution in [0.2, 0.25) is 0 Å². The average Bonchev–Trinajstić information content (AvgIpc) is 3.80. The lowest BCUT2D eigenvalue weighted by Crippen LogP contribution is -2.70. The Kier molecular flexibility index (Phi) is 12.2. The SMILES string of the molecule is O=C(Cc1ccccc1)N[C@@H]1C(=O)N2C(C(=O)OC(c3ccccc3)c3ccccc3)=C(SCCc3cn[nH]c3C(c3ccccc3)(c3ccccc3)c3ccccc3)CS[C@@H]12. The molecule has 2 N–H and O–H groups in total. The Balaban J connectivity index is 1.04. The first kappa shape index (κ1) is 40.8. The van der Waals surface area contributed by atoms with Gasteiger partial charge in [0.15, 0.2) is 6.10 Å². The van der Waals surface area contributed by atoms with E-state index in [1.165, 1.54) is 4.90 Å². The molecule has 9 rings (SSSR count). The maximum Gasteiger partial charge on any atom is 0.356 e. The third-order valence-electron chi connectivity index (χ3n) is 11.4. The van der Waals surface area contributed by atoms with E-state index in [0.717, 1.165) is 49.5 Å². The minimum Gasteiger partial charge on any atom is -0.448 e. The molecule has 10 heteroatoms. The maximum atomic E-state index is 14.7. The molecule has 8 nitrogen and oxygen atoms in total. The molecule has 0 unspecified atom stereocenters. The lowest BCUT2D eigenvalue weighted by Gasteiger charge is -2.49. The second kappa shape index (κ2) is 18.6. The molecular formula is C52H44N4O4S2. The van der Waals surface area contributed by atoms with Crippen LogP contribution in [0.5, 0.6) is 0 Å². The van der Waals surface area contributed by atoms with Crippen LogP contribution in [0.15, 0.2) is 199 Å². The molecule has 0 spiro atoms. The van der Waals surface area contributed by atoms with Crippen molar-refractivity contribution in [3.8, 4) is 0 Å². The summed E-state index contributed by atoms with van der Waals surface area (Å²) in [5.41, 5.74) is 7.33. The van der Waals surface area contributed by atoms with Crippen molar-refractivity contribution in [1.82, 2.24) is 20.4 Å². The van der Waals surface area contributed by atoms with E-state index in [-0.39, 0.29) is 23.9 Å². The van der Waals surface area contributed by atoms with Gasteiger partial charge in [0.05, 0.1) is 23.7 Å². The van der Waals surface area contributed by atoms with Gasteiger partial charge in [0, 0.05) is 16.4 Å². The number of hydrogen-bond donors (Lipinski definition) is 2. The number of nitrogens with zero attached hydrogens (tertiary/aromatic N) is 2. The molecule has 1 fully saturated rings. The minimum absolute atomic E-state index is 0.153. The molecule has 3 heterocycles. The van der Waals surface area contributed by atoms with Crippen LogP contribution in [-0.4, -0.2) is 55.8 Å². The van der Waals surface area contributed by atoms with Gasteiger partial charge in [0.25, 0.3) is 5.91 Å². The fourth-order valence-electron chi connectivity index (χ4n) is 8.55. The number of aromatic nitrogens is 2. The Morgan fingerprint density at radius 3 is 1.77 bits per heavy atom. The largest absolute Gasteiger partial charge is 0.448 e. The summed E-state index contributed by atoms with van der Waals surface area (Å²) in [7, 11) is 0. The molecule has 2 atom stereocenters. The highest BCUT2D eigenvalue weighted by Gasteiger charge is 2.55. The zero-order valence-electron chi connectivity index (χ0n) is 33.8. The first-order chi connectivity index (χ1) is 30.5. The number of benzene rings is 6.